The first-order valence-electron chi connectivity index (χ1n) is 5.90. The first-order valence-corrected chi connectivity index (χ1v) is 5.90. The van der Waals surface area contributed by atoms with Crippen LogP contribution in [0.25, 0.3) is 0 Å². The summed E-state index contributed by atoms with van der Waals surface area (Å²) in [6.07, 6.45) is 4.61. The number of nitrogens with one attached hydrogen (secondary N) is 1. The summed E-state index contributed by atoms with van der Waals surface area (Å²) < 4.78 is 0. The van der Waals surface area contributed by atoms with Gasteiger partial charge in [-0.1, -0.05) is 12.5 Å². The molecule has 2 unspecified atom stereocenters. The summed E-state index contributed by atoms with van der Waals surface area (Å²) in [6.45, 7) is 4.05. The third-order valence-electron chi connectivity index (χ3n) is 3.10. The van der Waals surface area contributed by atoms with Gasteiger partial charge in [0.15, 0.2) is 0 Å². The minimum absolute atomic E-state index is 0.0235. The number of carbonyl (C=O) groups excluding carboxylic acids is 1. The zero-order valence-electron chi connectivity index (χ0n) is 10.2. The van der Waals surface area contributed by atoms with Crippen molar-refractivity contribution in [3.05, 3.63) is 12.7 Å². The van der Waals surface area contributed by atoms with Crippen LogP contribution in [0.1, 0.15) is 25.7 Å². The molecule has 0 aliphatic heterocycles. The highest BCUT2D eigenvalue weighted by atomic mass is 16.4. The summed E-state index contributed by atoms with van der Waals surface area (Å²) in [6, 6.07) is -0.189. The Balaban J connectivity index is 2.43. The molecule has 0 radical (unpaired) electrons. The van der Waals surface area contributed by atoms with Crippen molar-refractivity contribution in [3.63, 3.8) is 0 Å². The number of urea groups is 1. The van der Waals surface area contributed by atoms with E-state index in [2.05, 4.69) is 11.9 Å². The van der Waals surface area contributed by atoms with Crippen LogP contribution in [0.3, 0.4) is 0 Å². The number of hydrogen-bond acceptors (Lipinski definition) is 2. The molecule has 5 nitrogen and oxygen atoms in total. The van der Waals surface area contributed by atoms with Gasteiger partial charge in [-0.15, -0.1) is 6.58 Å². The van der Waals surface area contributed by atoms with E-state index in [4.69, 9.17) is 5.11 Å². The van der Waals surface area contributed by atoms with Crippen molar-refractivity contribution < 1.29 is 14.7 Å². The maximum Gasteiger partial charge on any atom is 0.317 e. The first kappa shape index (κ1) is 13.5. The SMILES string of the molecule is C=CCN(C)C(=O)NC1CCCC(C(=O)O)C1. The van der Waals surface area contributed by atoms with Crippen LogP contribution in [0, 0.1) is 5.92 Å². The average molecular weight is 240 g/mol. The molecule has 0 spiro atoms. The van der Waals surface area contributed by atoms with E-state index in [-0.39, 0.29) is 18.0 Å². The van der Waals surface area contributed by atoms with Crippen LogP contribution < -0.4 is 5.32 Å². The molecule has 1 fully saturated rings. The molecular formula is C12H20N2O3. The molecule has 17 heavy (non-hydrogen) atoms. The second-order valence-electron chi connectivity index (χ2n) is 4.52. The minimum atomic E-state index is -0.761. The second kappa shape index (κ2) is 6.27. The fourth-order valence-electron chi connectivity index (χ4n) is 2.11. The lowest BCUT2D eigenvalue weighted by Gasteiger charge is -2.29. The van der Waals surface area contributed by atoms with Gasteiger partial charge in [-0.25, -0.2) is 4.79 Å². The molecule has 0 saturated heterocycles. The van der Waals surface area contributed by atoms with Gasteiger partial charge in [0.25, 0.3) is 0 Å². The first-order chi connectivity index (χ1) is 8.04. The smallest absolute Gasteiger partial charge is 0.317 e. The number of amides is 2. The molecule has 1 aliphatic carbocycles. The lowest BCUT2D eigenvalue weighted by atomic mass is 9.86. The molecule has 0 aromatic carbocycles. The van der Waals surface area contributed by atoms with Crippen LogP contribution in [0.4, 0.5) is 4.79 Å². The maximum atomic E-state index is 11.7. The summed E-state index contributed by atoms with van der Waals surface area (Å²) in [7, 11) is 1.69. The van der Waals surface area contributed by atoms with E-state index in [1.54, 1.807) is 13.1 Å². The Morgan fingerprint density at radius 1 is 1.53 bits per heavy atom. The van der Waals surface area contributed by atoms with E-state index in [0.717, 1.165) is 12.8 Å². The summed E-state index contributed by atoms with van der Waals surface area (Å²) in [5.41, 5.74) is 0. The van der Waals surface area contributed by atoms with Crippen LogP contribution in [0.15, 0.2) is 12.7 Å². The molecule has 96 valence electrons. The quantitative estimate of drug-likeness (QED) is 0.731. The fourth-order valence-corrected chi connectivity index (χ4v) is 2.11. The molecule has 0 bridgehead atoms. The number of aliphatic carboxylic acids is 1. The van der Waals surface area contributed by atoms with Gasteiger partial charge < -0.3 is 15.3 Å². The fraction of sp³-hybridized carbons (Fsp3) is 0.667. The van der Waals surface area contributed by atoms with E-state index < -0.39 is 5.97 Å². The van der Waals surface area contributed by atoms with Crippen molar-refractivity contribution in [2.24, 2.45) is 5.92 Å². The second-order valence-corrected chi connectivity index (χ2v) is 4.52. The number of rotatable bonds is 4. The monoisotopic (exact) mass is 240 g/mol. The van der Waals surface area contributed by atoms with E-state index in [0.29, 0.717) is 19.4 Å². The highest BCUT2D eigenvalue weighted by Gasteiger charge is 2.28. The Bertz CT molecular complexity index is 304. The number of carboxylic acid groups (broad SMARTS) is 1. The third-order valence-corrected chi connectivity index (χ3v) is 3.10. The number of carboxylic acids is 1. The minimum Gasteiger partial charge on any atom is -0.481 e. The summed E-state index contributed by atoms with van der Waals surface area (Å²) in [5.74, 6) is -1.08. The van der Waals surface area contributed by atoms with Gasteiger partial charge in [-0.3, -0.25) is 4.79 Å². The molecule has 1 rings (SSSR count). The van der Waals surface area contributed by atoms with Crippen molar-refractivity contribution in [2.45, 2.75) is 31.7 Å². The molecule has 0 heterocycles. The zero-order valence-corrected chi connectivity index (χ0v) is 10.2. The van der Waals surface area contributed by atoms with Crippen molar-refractivity contribution in [3.8, 4) is 0 Å². The summed E-state index contributed by atoms with van der Waals surface area (Å²) in [4.78, 5) is 24.1. The van der Waals surface area contributed by atoms with Crippen LogP contribution in [0.2, 0.25) is 0 Å². The standard InChI is InChI=1S/C12H20N2O3/c1-3-7-14(2)12(17)13-10-6-4-5-9(8-10)11(15)16/h3,9-10H,1,4-8H2,2H3,(H,13,17)(H,15,16). The number of hydrogen-bond donors (Lipinski definition) is 2. The van der Waals surface area contributed by atoms with Crippen LogP contribution >= 0.6 is 0 Å². The Labute approximate surface area is 101 Å². The van der Waals surface area contributed by atoms with Crippen LogP contribution in [-0.2, 0) is 4.79 Å². The van der Waals surface area contributed by atoms with Gasteiger partial charge >= 0.3 is 12.0 Å². The van der Waals surface area contributed by atoms with Crippen molar-refractivity contribution in [2.75, 3.05) is 13.6 Å². The normalized spacial score (nSPS) is 23.8. The Hall–Kier alpha value is -1.52. The maximum absolute atomic E-state index is 11.7. The van der Waals surface area contributed by atoms with Gasteiger partial charge in [0, 0.05) is 19.6 Å². The molecule has 2 atom stereocenters. The molecule has 2 amide bonds. The predicted octanol–water partition coefficient (Wildman–Crippen LogP) is 1.46. The van der Waals surface area contributed by atoms with Crippen molar-refractivity contribution in [1.29, 1.82) is 0 Å². The van der Waals surface area contributed by atoms with E-state index in [9.17, 15) is 9.59 Å². The highest BCUT2D eigenvalue weighted by Crippen LogP contribution is 2.24. The molecule has 5 heteroatoms. The van der Waals surface area contributed by atoms with E-state index in [1.807, 2.05) is 0 Å². The molecular weight excluding hydrogens is 220 g/mol. The van der Waals surface area contributed by atoms with Gasteiger partial charge in [-0.2, -0.15) is 0 Å². The predicted molar refractivity (Wildman–Crippen MR) is 64.7 cm³/mol. The number of likely N-dealkylation sites (N-methyl/N-ethyl adjacent to an activating group) is 1. The number of carbonyl (C=O) groups is 2. The van der Waals surface area contributed by atoms with Gasteiger partial charge in [0.2, 0.25) is 0 Å². The Morgan fingerprint density at radius 3 is 2.82 bits per heavy atom. The molecule has 2 N–H and O–H groups in total. The largest absolute Gasteiger partial charge is 0.481 e. The highest BCUT2D eigenvalue weighted by molar-refractivity contribution is 5.75. The molecule has 1 aliphatic rings. The summed E-state index contributed by atoms with van der Waals surface area (Å²) >= 11 is 0. The van der Waals surface area contributed by atoms with Crippen LogP contribution in [0.5, 0.6) is 0 Å². The molecule has 1 saturated carbocycles. The van der Waals surface area contributed by atoms with Gasteiger partial charge in [0.05, 0.1) is 5.92 Å². The van der Waals surface area contributed by atoms with Crippen molar-refractivity contribution >= 4 is 12.0 Å². The third kappa shape index (κ3) is 4.09. The van der Waals surface area contributed by atoms with Crippen LogP contribution in [-0.4, -0.2) is 41.6 Å². The molecule has 0 aromatic rings. The number of nitrogens with zero attached hydrogens (tertiary/aromatic N) is 1. The topological polar surface area (TPSA) is 69.6 Å². The lowest BCUT2D eigenvalue weighted by molar-refractivity contribution is -0.143. The van der Waals surface area contributed by atoms with Crippen molar-refractivity contribution in [1.82, 2.24) is 10.2 Å². The Morgan fingerprint density at radius 2 is 2.24 bits per heavy atom. The van der Waals surface area contributed by atoms with E-state index >= 15 is 0 Å². The summed E-state index contributed by atoms with van der Waals surface area (Å²) in [5, 5.41) is 11.8. The molecule has 0 aromatic heterocycles. The van der Waals surface area contributed by atoms with Gasteiger partial charge in [0.1, 0.15) is 0 Å². The lowest BCUT2D eigenvalue weighted by Crippen LogP contribution is -2.45. The van der Waals surface area contributed by atoms with Gasteiger partial charge in [-0.05, 0) is 19.3 Å². The zero-order chi connectivity index (χ0) is 12.8. The van der Waals surface area contributed by atoms with E-state index in [1.165, 1.54) is 4.90 Å². The average Bonchev–Trinajstić information content (AvgIpc) is 2.29. The Kier molecular flexibility index (Phi) is 5.00.